The number of aryl methyl sites for hydroxylation is 2. The molecule has 24 heavy (non-hydrogen) atoms. The van der Waals surface area contributed by atoms with Crippen molar-refractivity contribution in [1.82, 2.24) is 5.32 Å². The summed E-state index contributed by atoms with van der Waals surface area (Å²) in [5.74, 6) is 1.34. The molecule has 0 atom stereocenters. The Kier molecular flexibility index (Phi) is 6.49. The molecule has 0 aliphatic carbocycles. The number of carbonyl (C=O) groups is 1. The van der Waals surface area contributed by atoms with E-state index in [1.54, 1.807) is 7.11 Å². The monoisotopic (exact) mass is 328 g/mol. The van der Waals surface area contributed by atoms with Crippen molar-refractivity contribution in [2.45, 2.75) is 26.7 Å². The molecule has 0 aliphatic rings. The first kappa shape index (κ1) is 17.7. The number of benzene rings is 2. The minimum absolute atomic E-state index is 0.0904. The SMILES string of the molecule is CCCc1ccc(OCNC(=O)Nc2cc(C)ccc2OC)cc1. The van der Waals surface area contributed by atoms with Crippen LogP contribution in [0.3, 0.4) is 0 Å². The number of methoxy groups -OCH3 is 1. The number of nitrogens with one attached hydrogen (secondary N) is 2. The van der Waals surface area contributed by atoms with Crippen LogP contribution >= 0.6 is 0 Å². The van der Waals surface area contributed by atoms with Gasteiger partial charge >= 0.3 is 6.03 Å². The van der Waals surface area contributed by atoms with E-state index in [1.165, 1.54) is 5.56 Å². The molecule has 0 bridgehead atoms. The van der Waals surface area contributed by atoms with E-state index in [2.05, 4.69) is 17.6 Å². The van der Waals surface area contributed by atoms with Crippen molar-refractivity contribution in [3.05, 3.63) is 53.6 Å². The zero-order valence-electron chi connectivity index (χ0n) is 14.4. The maximum atomic E-state index is 12.0. The van der Waals surface area contributed by atoms with Crippen LogP contribution in [0.15, 0.2) is 42.5 Å². The number of hydrogen-bond donors (Lipinski definition) is 2. The topological polar surface area (TPSA) is 59.6 Å². The second kappa shape index (κ2) is 8.82. The van der Waals surface area contributed by atoms with Gasteiger partial charge in [0.2, 0.25) is 0 Å². The van der Waals surface area contributed by atoms with Crippen molar-refractivity contribution in [3.8, 4) is 11.5 Å². The molecule has 2 aromatic rings. The number of ether oxygens (including phenoxy) is 2. The van der Waals surface area contributed by atoms with Gasteiger partial charge in [-0.05, 0) is 48.7 Å². The van der Waals surface area contributed by atoms with Gasteiger partial charge in [-0.3, -0.25) is 0 Å². The first-order chi connectivity index (χ1) is 11.6. The first-order valence-corrected chi connectivity index (χ1v) is 8.03. The van der Waals surface area contributed by atoms with E-state index < -0.39 is 0 Å². The highest BCUT2D eigenvalue weighted by molar-refractivity contribution is 5.90. The highest BCUT2D eigenvalue weighted by Gasteiger charge is 2.07. The Hall–Kier alpha value is -2.69. The highest BCUT2D eigenvalue weighted by Crippen LogP contribution is 2.24. The van der Waals surface area contributed by atoms with E-state index in [4.69, 9.17) is 9.47 Å². The van der Waals surface area contributed by atoms with E-state index in [9.17, 15) is 4.79 Å². The van der Waals surface area contributed by atoms with Gasteiger partial charge in [0.15, 0.2) is 6.73 Å². The van der Waals surface area contributed by atoms with Gasteiger partial charge in [0, 0.05) is 0 Å². The summed E-state index contributed by atoms with van der Waals surface area (Å²) in [6, 6.07) is 13.1. The largest absolute Gasteiger partial charge is 0.495 e. The second-order valence-electron chi connectivity index (χ2n) is 5.52. The molecule has 0 spiro atoms. The fourth-order valence-corrected chi connectivity index (χ4v) is 2.31. The average Bonchev–Trinajstić information content (AvgIpc) is 2.57. The summed E-state index contributed by atoms with van der Waals surface area (Å²) < 4.78 is 10.8. The van der Waals surface area contributed by atoms with Crippen LogP contribution in [0.2, 0.25) is 0 Å². The van der Waals surface area contributed by atoms with E-state index in [0.717, 1.165) is 24.2 Å². The van der Waals surface area contributed by atoms with Crippen LogP contribution < -0.4 is 20.1 Å². The minimum atomic E-state index is -0.346. The third kappa shape index (κ3) is 5.19. The van der Waals surface area contributed by atoms with Crippen LogP contribution in [0.25, 0.3) is 0 Å². The Morgan fingerprint density at radius 3 is 2.54 bits per heavy atom. The van der Waals surface area contributed by atoms with Crippen molar-refractivity contribution in [3.63, 3.8) is 0 Å². The summed E-state index contributed by atoms with van der Waals surface area (Å²) in [7, 11) is 1.57. The zero-order valence-corrected chi connectivity index (χ0v) is 14.4. The van der Waals surface area contributed by atoms with Crippen molar-refractivity contribution in [2.75, 3.05) is 19.2 Å². The molecule has 2 amide bonds. The normalized spacial score (nSPS) is 10.1. The lowest BCUT2D eigenvalue weighted by Crippen LogP contribution is -2.32. The predicted octanol–water partition coefficient (Wildman–Crippen LogP) is 4.11. The van der Waals surface area contributed by atoms with Gasteiger partial charge in [0.05, 0.1) is 12.8 Å². The lowest BCUT2D eigenvalue weighted by atomic mass is 10.1. The average molecular weight is 328 g/mol. The van der Waals surface area contributed by atoms with E-state index >= 15 is 0 Å². The molecule has 0 aromatic heterocycles. The standard InChI is InChI=1S/C19H24N2O3/c1-4-5-15-7-9-16(10-8-15)24-13-20-19(22)21-17-12-14(2)6-11-18(17)23-3/h6-12H,4-5,13H2,1-3H3,(H2,20,21,22). The van der Waals surface area contributed by atoms with Crippen LogP contribution in [-0.4, -0.2) is 19.9 Å². The first-order valence-electron chi connectivity index (χ1n) is 8.03. The molecular weight excluding hydrogens is 304 g/mol. The van der Waals surface area contributed by atoms with Gasteiger partial charge < -0.3 is 20.1 Å². The Labute approximate surface area is 143 Å². The third-order valence-corrected chi connectivity index (χ3v) is 3.54. The van der Waals surface area contributed by atoms with Gasteiger partial charge in [0.1, 0.15) is 11.5 Å². The highest BCUT2D eigenvalue weighted by atomic mass is 16.5. The number of urea groups is 1. The summed E-state index contributed by atoms with van der Waals surface area (Å²) in [4.78, 5) is 12.0. The Morgan fingerprint density at radius 2 is 1.88 bits per heavy atom. The van der Waals surface area contributed by atoms with Crippen LogP contribution in [-0.2, 0) is 6.42 Å². The molecule has 5 heteroatoms. The molecule has 0 aliphatic heterocycles. The Balaban J connectivity index is 1.82. The minimum Gasteiger partial charge on any atom is -0.495 e. The molecule has 2 rings (SSSR count). The summed E-state index contributed by atoms with van der Waals surface area (Å²) >= 11 is 0. The second-order valence-corrected chi connectivity index (χ2v) is 5.52. The van der Waals surface area contributed by atoms with E-state index in [1.807, 2.05) is 49.4 Å². The van der Waals surface area contributed by atoms with Gasteiger partial charge in [-0.1, -0.05) is 31.5 Å². The predicted molar refractivity (Wildman–Crippen MR) is 95.8 cm³/mol. The van der Waals surface area contributed by atoms with Crippen molar-refractivity contribution < 1.29 is 14.3 Å². The summed E-state index contributed by atoms with van der Waals surface area (Å²) in [6.07, 6.45) is 2.17. The molecule has 0 heterocycles. The molecule has 0 radical (unpaired) electrons. The maximum Gasteiger partial charge on any atom is 0.321 e. The molecule has 0 unspecified atom stereocenters. The molecule has 0 fully saturated rings. The van der Waals surface area contributed by atoms with Crippen molar-refractivity contribution in [2.24, 2.45) is 0 Å². The molecule has 0 saturated heterocycles. The molecular formula is C19H24N2O3. The van der Waals surface area contributed by atoms with Crippen LogP contribution in [0, 0.1) is 6.92 Å². The van der Waals surface area contributed by atoms with Crippen LogP contribution in [0.1, 0.15) is 24.5 Å². The molecule has 2 N–H and O–H groups in total. The summed E-state index contributed by atoms with van der Waals surface area (Å²) in [5.41, 5.74) is 2.94. The number of hydrogen-bond acceptors (Lipinski definition) is 3. The smallest absolute Gasteiger partial charge is 0.321 e. The molecule has 5 nitrogen and oxygen atoms in total. The molecule has 2 aromatic carbocycles. The molecule has 0 saturated carbocycles. The van der Waals surface area contributed by atoms with Crippen LogP contribution in [0.5, 0.6) is 11.5 Å². The molecule has 128 valence electrons. The lowest BCUT2D eigenvalue weighted by Gasteiger charge is -2.12. The van der Waals surface area contributed by atoms with E-state index in [-0.39, 0.29) is 12.8 Å². The number of anilines is 1. The fourth-order valence-electron chi connectivity index (χ4n) is 2.31. The summed E-state index contributed by atoms with van der Waals surface area (Å²) in [5, 5.41) is 5.42. The number of carbonyl (C=O) groups excluding carboxylic acids is 1. The number of rotatable bonds is 7. The van der Waals surface area contributed by atoms with Gasteiger partial charge in [-0.25, -0.2) is 4.79 Å². The van der Waals surface area contributed by atoms with Gasteiger partial charge in [0.25, 0.3) is 0 Å². The lowest BCUT2D eigenvalue weighted by molar-refractivity contribution is 0.234. The summed E-state index contributed by atoms with van der Waals surface area (Å²) in [6.45, 7) is 4.19. The quantitative estimate of drug-likeness (QED) is 0.752. The zero-order chi connectivity index (χ0) is 17.4. The maximum absolute atomic E-state index is 12.0. The van der Waals surface area contributed by atoms with E-state index in [0.29, 0.717) is 11.4 Å². The van der Waals surface area contributed by atoms with Gasteiger partial charge in [-0.2, -0.15) is 0 Å². The Bertz CT molecular complexity index is 669. The Morgan fingerprint density at radius 1 is 1.12 bits per heavy atom. The van der Waals surface area contributed by atoms with Gasteiger partial charge in [-0.15, -0.1) is 0 Å². The number of amides is 2. The third-order valence-electron chi connectivity index (χ3n) is 3.54. The van der Waals surface area contributed by atoms with Crippen LogP contribution in [0.4, 0.5) is 10.5 Å². The van der Waals surface area contributed by atoms with Crippen molar-refractivity contribution in [1.29, 1.82) is 0 Å². The van der Waals surface area contributed by atoms with Crippen molar-refractivity contribution >= 4 is 11.7 Å². The fraction of sp³-hybridized carbons (Fsp3) is 0.316.